The van der Waals surface area contributed by atoms with Crippen LogP contribution in [0.1, 0.15) is 12.5 Å². The molecule has 0 saturated heterocycles. The number of aryl methyl sites for hydroxylation is 1. The molecule has 190 valence electrons. The van der Waals surface area contributed by atoms with Crippen molar-refractivity contribution in [1.82, 2.24) is 5.32 Å². The van der Waals surface area contributed by atoms with Crippen LogP contribution < -0.4 is 24.8 Å². The van der Waals surface area contributed by atoms with E-state index in [9.17, 15) is 13.2 Å². The number of carbonyl (C=O) groups is 1. The highest BCUT2D eigenvalue weighted by Gasteiger charge is 2.15. The highest BCUT2D eigenvalue weighted by molar-refractivity contribution is 9.11. The second-order valence-electron chi connectivity index (χ2n) is 7.41. The van der Waals surface area contributed by atoms with Crippen molar-refractivity contribution in [3.05, 3.63) is 75.2 Å². The zero-order valence-corrected chi connectivity index (χ0v) is 24.1. The number of ether oxygens (including phenoxy) is 2. The average Bonchev–Trinajstić information content (AvgIpc) is 2.80. The lowest BCUT2D eigenvalue weighted by Crippen LogP contribution is -2.37. The molecule has 1 amide bonds. The quantitative estimate of drug-likeness (QED) is 0.257. The monoisotopic (exact) mass is 655 g/mol. The van der Waals surface area contributed by atoms with Gasteiger partial charge in [0, 0.05) is 15.8 Å². The Hall–Kier alpha value is -2.67. The molecule has 3 N–H and O–H groups in total. The van der Waals surface area contributed by atoms with E-state index in [1.165, 1.54) is 12.1 Å². The van der Waals surface area contributed by atoms with Crippen LogP contribution in [0, 0.1) is 6.92 Å². The fourth-order valence-corrected chi connectivity index (χ4v) is 5.90. The van der Waals surface area contributed by atoms with E-state index in [1.54, 1.807) is 36.4 Å². The minimum atomic E-state index is -3.79. The molecule has 8 nitrogen and oxygen atoms in total. The molecule has 0 heterocycles. The maximum absolute atomic E-state index is 12.7. The number of amides is 1. The Morgan fingerprint density at radius 2 is 1.61 bits per heavy atom. The Labute approximate surface area is 232 Å². The van der Waals surface area contributed by atoms with Crippen LogP contribution in [0.5, 0.6) is 11.5 Å². The normalized spacial score (nSPS) is 10.9. The lowest BCUT2D eigenvalue weighted by Gasteiger charge is -2.13. The number of hydrogen-bond acceptors (Lipinski definition) is 6. The summed E-state index contributed by atoms with van der Waals surface area (Å²) in [7, 11) is -3.79. The van der Waals surface area contributed by atoms with Crippen molar-refractivity contribution in [2.24, 2.45) is 0 Å². The van der Waals surface area contributed by atoms with Crippen LogP contribution in [0.4, 0.5) is 11.4 Å². The molecular weight excluding hydrogens is 634 g/mol. The van der Waals surface area contributed by atoms with Gasteiger partial charge in [0.2, 0.25) is 0 Å². The summed E-state index contributed by atoms with van der Waals surface area (Å²) in [5.74, 6) is 0.769. The summed E-state index contributed by atoms with van der Waals surface area (Å²) in [6.07, 6.45) is 0. The zero-order chi connectivity index (χ0) is 26.3. The molecule has 0 atom stereocenters. The number of nitrogens with one attached hydrogen (secondary N) is 3. The van der Waals surface area contributed by atoms with Crippen LogP contribution >= 0.6 is 44.1 Å². The van der Waals surface area contributed by atoms with Crippen LogP contribution in [0.25, 0.3) is 0 Å². The minimum Gasteiger partial charge on any atom is -0.494 e. The zero-order valence-electron chi connectivity index (χ0n) is 19.3. The van der Waals surface area contributed by atoms with Gasteiger partial charge in [0.1, 0.15) is 11.5 Å². The average molecular weight is 657 g/mol. The van der Waals surface area contributed by atoms with Gasteiger partial charge in [-0.25, -0.2) is 8.42 Å². The van der Waals surface area contributed by atoms with Gasteiger partial charge < -0.3 is 14.8 Å². The lowest BCUT2D eigenvalue weighted by molar-refractivity contribution is -0.121. The van der Waals surface area contributed by atoms with Crippen molar-refractivity contribution in [3.8, 4) is 11.5 Å². The number of carbonyl (C=O) groups excluding carboxylic acids is 1. The van der Waals surface area contributed by atoms with Gasteiger partial charge in [-0.15, -0.1) is 0 Å². The fraction of sp³-hybridized carbons (Fsp3) is 0.167. The Morgan fingerprint density at radius 3 is 2.22 bits per heavy atom. The van der Waals surface area contributed by atoms with Crippen LogP contribution in [-0.4, -0.2) is 32.7 Å². The molecule has 0 aromatic heterocycles. The van der Waals surface area contributed by atoms with Gasteiger partial charge in [-0.2, -0.15) is 0 Å². The molecule has 3 aromatic rings. The number of halogens is 2. The Morgan fingerprint density at radius 1 is 0.972 bits per heavy atom. The van der Waals surface area contributed by atoms with Crippen molar-refractivity contribution in [2.75, 3.05) is 23.3 Å². The summed E-state index contributed by atoms with van der Waals surface area (Å²) in [6, 6.07) is 16.3. The van der Waals surface area contributed by atoms with E-state index >= 15 is 0 Å². The number of rotatable bonds is 9. The van der Waals surface area contributed by atoms with Gasteiger partial charge in [-0.05, 0) is 108 Å². The summed E-state index contributed by atoms with van der Waals surface area (Å²) >= 11 is 12.0. The number of anilines is 2. The first-order valence-corrected chi connectivity index (χ1v) is 14.1. The summed E-state index contributed by atoms with van der Waals surface area (Å²) in [5.41, 5.74) is 1.78. The molecule has 0 aliphatic carbocycles. The fourth-order valence-electron chi connectivity index (χ4n) is 3.05. The predicted molar refractivity (Wildman–Crippen MR) is 151 cm³/mol. The standard InChI is InChI=1S/C24H23Br2N3O5S2/c1-3-33-19-8-4-18(5-9-19)29-36(31,32)20-10-6-17(7-11-20)27-24(35)28-22(30)14-34-23-15(2)12-16(25)13-21(23)26/h4-13,29H,3,14H2,1-2H3,(H2,27,28,30,35). The molecular formula is C24H23Br2N3O5S2. The number of thiocarbonyl (C=S) groups is 1. The van der Waals surface area contributed by atoms with Crippen molar-refractivity contribution >= 4 is 76.5 Å². The first kappa shape index (κ1) is 27.9. The molecule has 0 aliphatic heterocycles. The maximum Gasteiger partial charge on any atom is 0.264 e. The molecule has 3 aromatic carbocycles. The Bertz CT molecular complexity index is 1330. The Kier molecular flexibility index (Phi) is 9.71. The van der Waals surface area contributed by atoms with E-state index in [4.69, 9.17) is 21.7 Å². The molecule has 0 spiro atoms. The van der Waals surface area contributed by atoms with Gasteiger partial charge in [0.25, 0.3) is 15.9 Å². The molecule has 0 fully saturated rings. The van der Waals surface area contributed by atoms with Crippen molar-refractivity contribution < 1.29 is 22.7 Å². The summed E-state index contributed by atoms with van der Waals surface area (Å²) in [5, 5.41) is 5.43. The van der Waals surface area contributed by atoms with Crippen LogP contribution in [0.15, 0.2) is 74.5 Å². The molecule has 0 unspecified atom stereocenters. The summed E-state index contributed by atoms with van der Waals surface area (Å²) in [4.78, 5) is 12.3. The molecule has 0 saturated carbocycles. The summed E-state index contributed by atoms with van der Waals surface area (Å²) < 4.78 is 40.5. The van der Waals surface area contributed by atoms with Crippen LogP contribution in [-0.2, 0) is 14.8 Å². The van der Waals surface area contributed by atoms with Crippen LogP contribution in [0.3, 0.4) is 0 Å². The smallest absolute Gasteiger partial charge is 0.264 e. The second kappa shape index (κ2) is 12.5. The molecule has 0 aliphatic rings. The van der Waals surface area contributed by atoms with E-state index in [0.717, 1.165) is 14.5 Å². The van der Waals surface area contributed by atoms with Gasteiger partial charge in [-0.1, -0.05) is 15.9 Å². The molecule has 3 rings (SSSR count). The third kappa shape index (κ3) is 7.92. The first-order valence-electron chi connectivity index (χ1n) is 10.6. The highest BCUT2D eigenvalue weighted by atomic mass is 79.9. The van der Waals surface area contributed by atoms with E-state index in [0.29, 0.717) is 29.5 Å². The topological polar surface area (TPSA) is 106 Å². The van der Waals surface area contributed by atoms with E-state index in [-0.39, 0.29) is 16.6 Å². The number of benzene rings is 3. The SMILES string of the molecule is CCOc1ccc(NS(=O)(=O)c2ccc(NC(=S)NC(=O)COc3c(C)cc(Br)cc3Br)cc2)cc1. The lowest BCUT2D eigenvalue weighted by atomic mass is 10.2. The summed E-state index contributed by atoms with van der Waals surface area (Å²) in [6.45, 7) is 4.02. The largest absolute Gasteiger partial charge is 0.494 e. The van der Waals surface area contributed by atoms with Gasteiger partial charge in [0.15, 0.2) is 11.7 Å². The van der Waals surface area contributed by atoms with Gasteiger partial charge in [0.05, 0.1) is 16.0 Å². The van der Waals surface area contributed by atoms with E-state index in [2.05, 4.69) is 47.2 Å². The van der Waals surface area contributed by atoms with E-state index < -0.39 is 15.9 Å². The van der Waals surface area contributed by atoms with Crippen LogP contribution in [0.2, 0.25) is 0 Å². The highest BCUT2D eigenvalue weighted by Crippen LogP contribution is 2.32. The van der Waals surface area contributed by atoms with Gasteiger partial charge >= 0.3 is 0 Å². The first-order chi connectivity index (χ1) is 17.1. The number of hydrogen-bond donors (Lipinski definition) is 3. The molecule has 0 radical (unpaired) electrons. The van der Waals surface area contributed by atoms with Gasteiger partial charge in [-0.3, -0.25) is 14.8 Å². The minimum absolute atomic E-state index is 0.0540. The van der Waals surface area contributed by atoms with Crippen molar-refractivity contribution in [2.45, 2.75) is 18.7 Å². The molecule has 12 heteroatoms. The van der Waals surface area contributed by atoms with Crippen molar-refractivity contribution in [1.29, 1.82) is 0 Å². The predicted octanol–water partition coefficient (Wildman–Crippen LogP) is 5.61. The second-order valence-corrected chi connectivity index (χ2v) is 11.3. The molecule has 36 heavy (non-hydrogen) atoms. The third-order valence-corrected chi connectivity index (χ3v) is 7.28. The van der Waals surface area contributed by atoms with E-state index in [1.807, 2.05) is 26.0 Å². The van der Waals surface area contributed by atoms with Crippen molar-refractivity contribution in [3.63, 3.8) is 0 Å². The Balaban J connectivity index is 1.53. The third-order valence-electron chi connectivity index (χ3n) is 4.63. The maximum atomic E-state index is 12.7. The molecule has 0 bridgehead atoms. The number of sulfonamides is 1.